The molecule has 21 heavy (non-hydrogen) atoms. The average Bonchev–Trinajstić information content (AvgIpc) is 2.35. The summed E-state index contributed by atoms with van der Waals surface area (Å²) in [6.07, 6.45) is -3.34. The van der Waals surface area contributed by atoms with Crippen molar-refractivity contribution in [2.24, 2.45) is 0 Å². The highest BCUT2D eigenvalue weighted by atomic mass is 79.9. The van der Waals surface area contributed by atoms with Crippen LogP contribution in [0, 0.1) is 6.92 Å². The maximum Gasteiger partial charge on any atom is 0.573 e. The summed E-state index contributed by atoms with van der Waals surface area (Å²) in [7, 11) is 0. The maximum atomic E-state index is 12.4. The van der Waals surface area contributed by atoms with E-state index in [0.29, 0.717) is 15.9 Å². The molecule has 1 heterocycles. The number of hydrogen-bond donors (Lipinski definition) is 1. The summed E-state index contributed by atoms with van der Waals surface area (Å²) in [5, 5.41) is 2.73. The lowest BCUT2D eigenvalue weighted by molar-refractivity contribution is -0.274. The first kappa shape index (κ1) is 15.8. The van der Waals surface area contributed by atoms with Gasteiger partial charge in [-0.15, -0.1) is 13.2 Å². The fraction of sp³-hybridized carbons (Fsp3) is 0.167. The molecule has 0 saturated carbocycles. The molecule has 112 valence electrons. The molecule has 1 aromatic heterocycles. The van der Waals surface area contributed by atoms with Gasteiger partial charge in [0.2, 0.25) is 5.28 Å². The Bertz CT molecular complexity index is 667. The first-order chi connectivity index (χ1) is 9.74. The maximum absolute atomic E-state index is 12.4. The van der Waals surface area contributed by atoms with E-state index in [1.54, 1.807) is 13.0 Å². The minimum atomic E-state index is -4.80. The van der Waals surface area contributed by atoms with E-state index in [0.717, 1.165) is 0 Å². The molecule has 0 atom stereocenters. The molecule has 0 aliphatic rings. The first-order valence-electron chi connectivity index (χ1n) is 5.56. The molecule has 1 aromatic carbocycles. The molecule has 0 aliphatic carbocycles. The molecule has 0 radical (unpaired) electrons. The number of rotatable bonds is 3. The van der Waals surface area contributed by atoms with E-state index in [4.69, 9.17) is 11.6 Å². The van der Waals surface area contributed by atoms with Gasteiger partial charge in [0.15, 0.2) is 5.75 Å². The van der Waals surface area contributed by atoms with Gasteiger partial charge in [-0.2, -0.15) is 0 Å². The van der Waals surface area contributed by atoms with Crippen LogP contribution in [0.1, 0.15) is 5.56 Å². The highest BCUT2D eigenvalue weighted by molar-refractivity contribution is 9.10. The van der Waals surface area contributed by atoms with E-state index < -0.39 is 6.36 Å². The number of aryl methyl sites for hydroxylation is 1. The lowest BCUT2D eigenvalue weighted by Gasteiger charge is -2.15. The van der Waals surface area contributed by atoms with Crippen LogP contribution in [-0.2, 0) is 0 Å². The topological polar surface area (TPSA) is 47.0 Å². The number of hydrogen-bond acceptors (Lipinski definition) is 4. The molecule has 0 unspecified atom stereocenters. The van der Waals surface area contributed by atoms with Crippen molar-refractivity contribution in [3.8, 4) is 5.75 Å². The van der Waals surface area contributed by atoms with E-state index in [1.165, 1.54) is 18.3 Å². The third-order valence-corrected chi connectivity index (χ3v) is 3.04. The fourth-order valence-electron chi connectivity index (χ4n) is 1.48. The molecule has 0 spiro atoms. The van der Waals surface area contributed by atoms with Crippen molar-refractivity contribution in [3.63, 3.8) is 0 Å². The van der Waals surface area contributed by atoms with E-state index in [9.17, 15) is 13.2 Å². The second-order valence-corrected chi connectivity index (χ2v) is 5.24. The molecule has 2 aromatic rings. The molecule has 9 heteroatoms. The summed E-state index contributed by atoms with van der Waals surface area (Å²) in [6.45, 7) is 1.70. The van der Waals surface area contributed by atoms with Crippen molar-refractivity contribution in [3.05, 3.63) is 39.7 Å². The molecule has 0 saturated heterocycles. The highest BCUT2D eigenvalue weighted by Crippen LogP contribution is 2.34. The molecular formula is C12H8BrClF3N3O. The minimum Gasteiger partial charge on any atom is -0.404 e. The summed E-state index contributed by atoms with van der Waals surface area (Å²) in [5.74, 6) is -0.0876. The molecule has 0 bridgehead atoms. The molecule has 4 nitrogen and oxygen atoms in total. The molecule has 1 N–H and O–H groups in total. The van der Waals surface area contributed by atoms with Gasteiger partial charge < -0.3 is 10.1 Å². The van der Waals surface area contributed by atoms with Gasteiger partial charge >= 0.3 is 6.36 Å². The largest absolute Gasteiger partial charge is 0.573 e. The summed E-state index contributed by atoms with van der Waals surface area (Å²) in [5.41, 5.74) is 0.730. The molecule has 0 aliphatic heterocycles. The van der Waals surface area contributed by atoms with Gasteiger partial charge in [-0.3, -0.25) is 0 Å². The third-order valence-electron chi connectivity index (χ3n) is 2.36. The number of aromatic nitrogens is 2. The Morgan fingerprint density at radius 2 is 2.05 bits per heavy atom. The molecule has 0 amide bonds. The lowest BCUT2D eigenvalue weighted by Crippen LogP contribution is -2.18. The number of nitrogens with one attached hydrogen (secondary N) is 1. The fourth-order valence-corrected chi connectivity index (χ4v) is 1.96. The Balaban J connectivity index is 2.37. The van der Waals surface area contributed by atoms with Crippen LogP contribution in [0.3, 0.4) is 0 Å². The summed E-state index contributed by atoms with van der Waals surface area (Å²) >= 11 is 8.77. The predicted molar refractivity (Wildman–Crippen MR) is 75.9 cm³/mol. The standard InChI is InChI=1S/C12H8BrClF3N3O/c1-6-5-18-11(14)20-10(6)19-8-3-2-7(13)4-9(8)21-12(15,16)17/h2-5H,1H3,(H,18,19,20). The Hall–Kier alpha value is -1.54. The second kappa shape index (κ2) is 6.07. The molecule has 2 rings (SSSR count). The normalized spacial score (nSPS) is 11.3. The zero-order valence-corrected chi connectivity index (χ0v) is 12.8. The van der Waals surface area contributed by atoms with Crippen LogP contribution in [0.15, 0.2) is 28.9 Å². The zero-order valence-electron chi connectivity index (χ0n) is 10.5. The summed E-state index contributed by atoms with van der Waals surface area (Å²) < 4.78 is 41.7. The van der Waals surface area contributed by atoms with Gasteiger partial charge in [-0.25, -0.2) is 9.97 Å². The van der Waals surface area contributed by atoms with Gasteiger partial charge in [0.1, 0.15) is 5.82 Å². The average molecular weight is 383 g/mol. The van der Waals surface area contributed by atoms with Gasteiger partial charge in [0, 0.05) is 16.2 Å². The van der Waals surface area contributed by atoms with Crippen LogP contribution >= 0.6 is 27.5 Å². The van der Waals surface area contributed by atoms with Crippen molar-refractivity contribution >= 4 is 39.0 Å². The smallest absolute Gasteiger partial charge is 0.404 e. The quantitative estimate of drug-likeness (QED) is 0.772. The highest BCUT2D eigenvalue weighted by Gasteiger charge is 2.32. The van der Waals surface area contributed by atoms with Crippen molar-refractivity contribution < 1.29 is 17.9 Å². The van der Waals surface area contributed by atoms with E-state index in [-0.39, 0.29) is 16.7 Å². The van der Waals surface area contributed by atoms with E-state index in [2.05, 4.69) is 36.0 Å². The van der Waals surface area contributed by atoms with E-state index >= 15 is 0 Å². The van der Waals surface area contributed by atoms with Crippen LogP contribution in [0.2, 0.25) is 5.28 Å². The van der Waals surface area contributed by atoms with Crippen molar-refractivity contribution in [1.82, 2.24) is 9.97 Å². The van der Waals surface area contributed by atoms with Crippen LogP contribution < -0.4 is 10.1 Å². The lowest BCUT2D eigenvalue weighted by atomic mass is 10.2. The number of nitrogens with zero attached hydrogens (tertiary/aromatic N) is 2. The second-order valence-electron chi connectivity index (χ2n) is 3.98. The number of ether oxygens (including phenoxy) is 1. The number of alkyl halides is 3. The number of halogens is 5. The monoisotopic (exact) mass is 381 g/mol. The predicted octanol–water partition coefficient (Wildman–Crippen LogP) is 4.84. The van der Waals surface area contributed by atoms with Gasteiger partial charge in [-0.05, 0) is 36.7 Å². The van der Waals surface area contributed by atoms with Crippen LogP contribution in [0.5, 0.6) is 5.75 Å². The van der Waals surface area contributed by atoms with Gasteiger partial charge in [0.05, 0.1) is 5.69 Å². The molecule has 0 fully saturated rings. The summed E-state index contributed by atoms with van der Waals surface area (Å²) in [6, 6.07) is 4.21. The minimum absolute atomic E-state index is 0.0153. The zero-order chi connectivity index (χ0) is 15.6. The van der Waals surface area contributed by atoms with Gasteiger partial charge in [-0.1, -0.05) is 15.9 Å². The summed E-state index contributed by atoms with van der Waals surface area (Å²) in [4.78, 5) is 7.70. The Kier molecular flexibility index (Phi) is 4.58. The molecular weight excluding hydrogens is 375 g/mol. The van der Waals surface area contributed by atoms with Crippen LogP contribution in [-0.4, -0.2) is 16.3 Å². The van der Waals surface area contributed by atoms with E-state index in [1.807, 2.05) is 0 Å². The number of benzene rings is 1. The number of anilines is 2. The van der Waals surface area contributed by atoms with Gasteiger partial charge in [0.25, 0.3) is 0 Å². The van der Waals surface area contributed by atoms with Crippen molar-refractivity contribution in [1.29, 1.82) is 0 Å². The van der Waals surface area contributed by atoms with Crippen molar-refractivity contribution in [2.45, 2.75) is 13.3 Å². The Morgan fingerprint density at radius 3 is 2.71 bits per heavy atom. The Morgan fingerprint density at radius 1 is 1.33 bits per heavy atom. The third kappa shape index (κ3) is 4.47. The van der Waals surface area contributed by atoms with Crippen LogP contribution in [0.25, 0.3) is 0 Å². The first-order valence-corrected chi connectivity index (χ1v) is 6.73. The van der Waals surface area contributed by atoms with Crippen molar-refractivity contribution in [2.75, 3.05) is 5.32 Å². The SMILES string of the molecule is Cc1cnc(Cl)nc1Nc1ccc(Br)cc1OC(F)(F)F. The van der Waals surface area contributed by atoms with Crippen LogP contribution in [0.4, 0.5) is 24.7 Å². The Labute approximate surface area is 131 Å².